The fourth-order valence-corrected chi connectivity index (χ4v) is 7.08. The number of hydrogen-bond donors (Lipinski definition) is 1. The summed E-state index contributed by atoms with van der Waals surface area (Å²) in [6.07, 6.45) is 1.21. The lowest BCUT2D eigenvalue weighted by molar-refractivity contribution is -0.0645. The highest BCUT2D eigenvalue weighted by molar-refractivity contribution is 6.31. The molecule has 2 amide bonds. The SMILES string of the molecule is Cc1cc(-n2c(Cl)cc3c(=O)n(CC4(O)CCN(C(=O)c5ccc(Cl)cc5F)CC4)cnc32)ccc1[C@H]1CO[C@H](C)CN1C(=O)OC(C)(C)C. The van der Waals surface area contributed by atoms with E-state index in [0.717, 1.165) is 17.2 Å². The maximum absolute atomic E-state index is 14.4. The van der Waals surface area contributed by atoms with Crippen LogP contribution in [-0.4, -0.2) is 84.6 Å². The standard InChI is InChI=1S/C36H40Cl2FN5O6/c1-21-14-24(7-9-25(21)29-18-49-22(2)17-43(29)34(47)50-35(3,4)5)44-30(38)16-27-31(44)40-20-42(33(27)46)19-36(48)10-12-41(13-11-36)32(45)26-8-6-23(37)15-28(26)39/h6-9,14-16,20,22,29,48H,10-13,17-19H2,1-5H3/t22-,29-/m1/s1. The van der Waals surface area contributed by atoms with Crippen molar-refractivity contribution in [2.24, 2.45) is 0 Å². The molecule has 2 saturated heterocycles. The topological polar surface area (TPSA) is 119 Å². The lowest BCUT2D eigenvalue weighted by Gasteiger charge is -2.40. The lowest BCUT2D eigenvalue weighted by atomic mass is 9.91. The van der Waals surface area contributed by atoms with E-state index < -0.39 is 29.0 Å². The van der Waals surface area contributed by atoms with E-state index in [4.69, 9.17) is 32.7 Å². The van der Waals surface area contributed by atoms with Gasteiger partial charge in [-0.1, -0.05) is 29.3 Å². The molecule has 2 fully saturated rings. The number of morpholine rings is 1. The molecule has 2 aliphatic heterocycles. The van der Waals surface area contributed by atoms with Gasteiger partial charge in [-0.15, -0.1) is 0 Å². The van der Waals surface area contributed by atoms with Crippen molar-refractivity contribution in [2.45, 2.75) is 77.4 Å². The summed E-state index contributed by atoms with van der Waals surface area (Å²) in [4.78, 5) is 47.5. The van der Waals surface area contributed by atoms with Crippen LogP contribution in [0.1, 0.15) is 68.1 Å². The van der Waals surface area contributed by atoms with Crippen molar-refractivity contribution in [3.8, 4) is 5.69 Å². The Kier molecular flexibility index (Phi) is 9.77. The smallest absolute Gasteiger partial charge is 0.410 e. The van der Waals surface area contributed by atoms with Crippen LogP contribution in [0, 0.1) is 12.7 Å². The fourth-order valence-electron chi connectivity index (χ4n) is 6.63. The maximum atomic E-state index is 14.4. The molecule has 4 heterocycles. The number of amides is 2. The molecule has 0 spiro atoms. The first-order valence-corrected chi connectivity index (χ1v) is 17.2. The summed E-state index contributed by atoms with van der Waals surface area (Å²) in [6, 6.07) is 10.8. The van der Waals surface area contributed by atoms with Gasteiger partial charge in [0, 0.05) is 23.8 Å². The van der Waals surface area contributed by atoms with E-state index in [1.54, 1.807) is 15.5 Å². The molecule has 2 aromatic carbocycles. The van der Waals surface area contributed by atoms with Crippen molar-refractivity contribution in [3.63, 3.8) is 0 Å². The second-order valence-corrected chi connectivity index (χ2v) is 15.0. The normalized spacial score (nSPS) is 19.5. The average Bonchev–Trinajstić information content (AvgIpc) is 3.38. The molecule has 2 aliphatic rings. The summed E-state index contributed by atoms with van der Waals surface area (Å²) in [5, 5.41) is 12.2. The van der Waals surface area contributed by atoms with Crippen LogP contribution in [-0.2, 0) is 16.0 Å². The zero-order valence-electron chi connectivity index (χ0n) is 28.6. The summed E-state index contributed by atoms with van der Waals surface area (Å²) in [6.45, 7) is 10.4. The number of fused-ring (bicyclic) bond motifs is 1. The summed E-state index contributed by atoms with van der Waals surface area (Å²) < 4.78 is 29.0. The first kappa shape index (κ1) is 35.8. The highest BCUT2D eigenvalue weighted by atomic mass is 35.5. The van der Waals surface area contributed by atoms with Gasteiger partial charge in [-0.05, 0) is 95.0 Å². The molecular weight excluding hydrogens is 688 g/mol. The molecule has 14 heteroatoms. The van der Waals surface area contributed by atoms with Gasteiger partial charge in [0.1, 0.15) is 22.9 Å². The van der Waals surface area contributed by atoms with Gasteiger partial charge >= 0.3 is 6.09 Å². The number of halogens is 3. The number of benzene rings is 2. The molecular formula is C36H40Cl2FN5O6. The molecule has 266 valence electrons. The number of rotatable bonds is 5. The Morgan fingerprint density at radius 3 is 2.50 bits per heavy atom. The van der Waals surface area contributed by atoms with Gasteiger partial charge in [0.05, 0.1) is 48.4 Å². The number of aliphatic hydroxyl groups is 1. The molecule has 2 atom stereocenters. The third-order valence-electron chi connectivity index (χ3n) is 9.22. The molecule has 11 nitrogen and oxygen atoms in total. The number of carbonyl (C=O) groups is 2. The number of aromatic nitrogens is 3. The van der Waals surface area contributed by atoms with Gasteiger partial charge in [0.25, 0.3) is 11.5 Å². The van der Waals surface area contributed by atoms with E-state index in [-0.39, 0.29) is 71.3 Å². The summed E-state index contributed by atoms with van der Waals surface area (Å²) in [7, 11) is 0. The second-order valence-electron chi connectivity index (χ2n) is 14.2. The first-order chi connectivity index (χ1) is 23.5. The molecule has 0 bridgehead atoms. The quantitative estimate of drug-likeness (QED) is 0.256. The fraction of sp³-hybridized carbons (Fsp3) is 0.444. The van der Waals surface area contributed by atoms with Crippen molar-refractivity contribution >= 4 is 46.2 Å². The number of carbonyl (C=O) groups excluding carboxylic acids is 2. The number of piperidine rings is 1. The van der Waals surface area contributed by atoms with Crippen molar-refractivity contribution in [3.05, 3.63) is 91.8 Å². The minimum absolute atomic E-state index is 0.0427. The van der Waals surface area contributed by atoms with Crippen molar-refractivity contribution in [1.29, 1.82) is 0 Å². The van der Waals surface area contributed by atoms with Crippen LogP contribution in [0.3, 0.4) is 0 Å². The van der Waals surface area contributed by atoms with E-state index in [1.165, 1.54) is 27.9 Å². The Bertz CT molecular complexity index is 2020. The summed E-state index contributed by atoms with van der Waals surface area (Å²) in [5.41, 5.74) is 0.420. The van der Waals surface area contributed by atoms with Crippen LogP contribution in [0.2, 0.25) is 10.2 Å². The number of nitrogens with zero attached hydrogens (tertiary/aromatic N) is 5. The third-order valence-corrected chi connectivity index (χ3v) is 9.73. The minimum atomic E-state index is -1.29. The van der Waals surface area contributed by atoms with Gasteiger partial charge < -0.3 is 19.5 Å². The first-order valence-electron chi connectivity index (χ1n) is 16.5. The molecule has 4 aromatic rings. The Morgan fingerprint density at radius 2 is 1.84 bits per heavy atom. The number of likely N-dealkylation sites (tertiary alicyclic amines) is 1. The monoisotopic (exact) mass is 727 g/mol. The van der Waals surface area contributed by atoms with Crippen molar-refractivity contribution in [1.82, 2.24) is 23.9 Å². The van der Waals surface area contributed by atoms with Crippen molar-refractivity contribution < 1.29 is 28.6 Å². The van der Waals surface area contributed by atoms with Crippen LogP contribution in [0.15, 0.2) is 53.6 Å². The maximum Gasteiger partial charge on any atom is 0.410 e. The Balaban J connectivity index is 1.21. The molecule has 0 aliphatic carbocycles. The van der Waals surface area contributed by atoms with Gasteiger partial charge in [-0.2, -0.15) is 0 Å². The van der Waals surface area contributed by atoms with Crippen LogP contribution in [0.4, 0.5) is 9.18 Å². The van der Waals surface area contributed by atoms with Crippen LogP contribution in [0.5, 0.6) is 0 Å². The molecule has 50 heavy (non-hydrogen) atoms. The highest BCUT2D eigenvalue weighted by Crippen LogP contribution is 2.33. The Labute approximate surface area is 299 Å². The zero-order valence-corrected chi connectivity index (χ0v) is 30.1. The average molecular weight is 729 g/mol. The van der Waals surface area contributed by atoms with Gasteiger partial charge in [-0.25, -0.2) is 14.2 Å². The van der Waals surface area contributed by atoms with Crippen LogP contribution < -0.4 is 5.56 Å². The lowest BCUT2D eigenvalue weighted by Crippen LogP contribution is -2.49. The molecule has 0 saturated carbocycles. The van der Waals surface area contributed by atoms with Gasteiger partial charge in [-0.3, -0.25) is 23.6 Å². The Hall–Kier alpha value is -3.97. The van der Waals surface area contributed by atoms with E-state index in [1.807, 2.05) is 52.8 Å². The third kappa shape index (κ3) is 7.25. The minimum Gasteiger partial charge on any atom is -0.444 e. The largest absolute Gasteiger partial charge is 0.444 e. The molecule has 1 N–H and O–H groups in total. The summed E-state index contributed by atoms with van der Waals surface area (Å²) in [5.74, 6) is -1.19. The Morgan fingerprint density at radius 1 is 1.12 bits per heavy atom. The van der Waals surface area contributed by atoms with Crippen molar-refractivity contribution in [2.75, 3.05) is 26.2 Å². The van der Waals surface area contributed by atoms with E-state index >= 15 is 0 Å². The second kappa shape index (κ2) is 13.6. The number of hydrogen-bond acceptors (Lipinski definition) is 7. The highest BCUT2D eigenvalue weighted by Gasteiger charge is 2.37. The van der Waals surface area contributed by atoms with Gasteiger partial charge in [0.15, 0.2) is 5.65 Å². The van der Waals surface area contributed by atoms with E-state index in [9.17, 15) is 23.9 Å². The zero-order chi connectivity index (χ0) is 36.1. The van der Waals surface area contributed by atoms with Crippen LogP contribution >= 0.6 is 23.2 Å². The summed E-state index contributed by atoms with van der Waals surface area (Å²) >= 11 is 12.5. The molecule has 0 radical (unpaired) electrons. The molecule has 2 aromatic heterocycles. The van der Waals surface area contributed by atoms with E-state index in [0.29, 0.717) is 24.5 Å². The predicted molar refractivity (Wildman–Crippen MR) is 188 cm³/mol. The number of ether oxygens (including phenoxy) is 2. The number of aryl methyl sites for hydroxylation is 1. The van der Waals surface area contributed by atoms with Crippen LogP contribution in [0.25, 0.3) is 16.7 Å². The molecule has 6 rings (SSSR count). The van der Waals surface area contributed by atoms with E-state index in [2.05, 4.69) is 4.98 Å². The molecule has 0 unspecified atom stereocenters. The van der Waals surface area contributed by atoms with Gasteiger partial charge in [0.2, 0.25) is 0 Å². The predicted octanol–water partition coefficient (Wildman–Crippen LogP) is 6.31.